The van der Waals surface area contributed by atoms with E-state index in [1.165, 1.54) is 6.92 Å². The first-order valence-electron chi connectivity index (χ1n) is 5.09. The van der Waals surface area contributed by atoms with Gasteiger partial charge in [0.05, 0.1) is 6.61 Å². The quantitative estimate of drug-likeness (QED) is 0.757. The monoisotopic (exact) mass is 240 g/mol. The summed E-state index contributed by atoms with van der Waals surface area (Å²) < 4.78 is 36.4. The highest BCUT2D eigenvalue weighted by Crippen LogP contribution is 2.29. The van der Waals surface area contributed by atoms with Crippen LogP contribution < -0.4 is 0 Å². The Kier molecular flexibility index (Phi) is 2.83. The fourth-order valence-corrected chi connectivity index (χ4v) is 1.70. The summed E-state index contributed by atoms with van der Waals surface area (Å²) in [7, 11) is 0. The van der Waals surface area contributed by atoms with Crippen LogP contribution in [-0.4, -0.2) is 12.6 Å². The molecule has 5 heteroatoms. The average molecular weight is 240 g/mol. The minimum atomic E-state index is -0.835. The van der Waals surface area contributed by atoms with E-state index in [1.807, 2.05) is 0 Å². The first-order valence-corrected chi connectivity index (χ1v) is 5.09. The van der Waals surface area contributed by atoms with Crippen molar-refractivity contribution in [2.75, 3.05) is 6.61 Å². The minimum Gasteiger partial charge on any atom is -0.462 e. The SMILES string of the molecule is CCOC(=O)c1c(C)oc2c(F)cc(F)cc12. The van der Waals surface area contributed by atoms with E-state index in [0.717, 1.165) is 6.07 Å². The fourth-order valence-electron chi connectivity index (χ4n) is 1.70. The number of furan rings is 1. The summed E-state index contributed by atoms with van der Waals surface area (Å²) in [5.41, 5.74) is -0.0628. The molecule has 0 atom stereocenters. The number of hydrogen-bond acceptors (Lipinski definition) is 3. The second-order valence-corrected chi connectivity index (χ2v) is 3.52. The number of fused-ring (bicyclic) bond motifs is 1. The van der Waals surface area contributed by atoms with Crippen molar-refractivity contribution < 1.29 is 22.7 Å². The molecule has 1 aromatic carbocycles. The van der Waals surface area contributed by atoms with E-state index < -0.39 is 17.6 Å². The van der Waals surface area contributed by atoms with Gasteiger partial charge >= 0.3 is 5.97 Å². The molecule has 90 valence electrons. The lowest BCUT2D eigenvalue weighted by Crippen LogP contribution is -2.05. The molecule has 1 aromatic heterocycles. The number of rotatable bonds is 2. The van der Waals surface area contributed by atoms with E-state index >= 15 is 0 Å². The van der Waals surface area contributed by atoms with Gasteiger partial charge in [-0.1, -0.05) is 0 Å². The first-order chi connectivity index (χ1) is 8.04. The second-order valence-electron chi connectivity index (χ2n) is 3.52. The molecular formula is C12H10F2O3. The standard InChI is InChI=1S/C12H10F2O3/c1-3-16-12(15)10-6(2)17-11-8(10)4-7(13)5-9(11)14/h4-5H,3H2,1-2H3. The Balaban J connectivity index is 2.70. The predicted octanol–water partition coefficient (Wildman–Crippen LogP) is 3.20. The van der Waals surface area contributed by atoms with Crippen molar-refractivity contribution in [2.24, 2.45) is 0 Å². The molecule has 0 bridgehead atoms. The molecule has 0 fully saturated rings. The Morgan fingerprint density at radius 3 is 2.76 bits per heavy atom. The molecule has 2 aromatic rings. The average Bonchev–Trinajstić information content (AvgIpc) is 2.55. The maximum atomic E-state index is 13.4. The molecule has 0 aliphatic heterocycles. The Bertz CT molecular complexity index is 587. The second kappa shape index (κ2) is 4.16. The van der Waals surface area contributed by atoms with Gasteiger partial charge in [-0.3, -0.25) is 0 Å². The number of hydrogen-bond donors (Lipinski definition) is 0. The number of aryl methyl sites for hydroxylation is 1. The van der Waals surface area contributed by atoms with Crippen LogP contribution in [0.1, 0.15) is 23.0 Å². The van der Waals surface area contributed by atoms with E-state index in [9.17, 15) is 13.6 Å². The fraction of sp³-hybridized carbons (Fsp3) is 0.250. The van der Waals surface area contributed by atoms with Gasteiger partial charge in [-0.2, -0.15) is 0 Å². The van der Waals surface area contributed by atoms with Gasteiger partial charge in [0, 0.05) is 11.5 Å². The lowest BCUT2D eigenvalue weighted by Gasteiger charge is -2.00. The van der Waals surface area contributed by atoms with Gasteiger partial charge in [-0.25, -0.2) is 13.6 Å². The molecule has 2 rings (SSSR count). The van der Waals surface area contributed by atoms with E-state index in [0.29, 0.717) is 6.07 Å². The van der Waals surface area contributed by atoms with Gasteiger partial charge in [-0.15, -0.1) is 0 Å². The number of carbonyl (C=O) groups excluding carboxylic acids is 1. The Morgan fingerprint density at radius 2 is 2.12 bits per heavy atom. The molecule has 1 heterocycles. The molecule has 0 amide bonds. The number of halogens is 2. The van der Waals surface area contributed by atoms with Crippen LogP contribution in [0.15, 0.2) is 16.5 Å². The molecule has 17 heavy (non-hydrogen) atoms. The third kappa shape index (κ3) is 1.88. The van der Waals surface area contributed by atoms with Crippen molar-refractivity contribution >= 4 is 16.9 Å². The van der Waals surface area contributed by atoms with Crippen LogP contribution in [0.4, 0.5) is 8.78 Å². The molecule has 0 spiro atoms. The van der Waals surface area contributed by atoms with Crippen molar-refractivity contribution in [3.05, 3.63) is 35.1 Å². The summed E-state index contributed by atoms with van der Waals surface area (Å²) in [6.45, 7) is 3.34. The number of esters is 1. The lowest BCUT2D eigenvalue weighted by molar-refractivity contribution is 0.0526. The number of carbonyl (C=O) groups is 1. The van der Waals surface area contributed by atoms with Gasteiger partial charge in [0.1, 0.15) is 17.1 Å². The molecule has 0 radical (unpaired) electrons. The Morgan fingerprint density at radius 1 is 1.41 bits per heavy atom. The van der Waals surface area contributed by atoms with Crippen LogP contribution in [0.5, 0.6) is 0 Å². The molecule has 0 saturated carbocycles. The van der Waals surface area contributed by atoms with E-state index in [2.05, 4.69) is 0 Å². The van der Waals surface area contributed by atoms with Crippen LogP contribution in [0, 0.1) is 18.6 Å². The summed E-state index contributed by atoms with van der Waals surface area (Å²) in [5, 5.41) is 0.0958. The summed E-state index contributed by atoms with van der Waals surface area (Å²) in [6.07, 6.45) is 0. The highest BCUT2D eigenvalue weighted by molar-refractivity contribution is 6.04. The largest absolute Gasteiger partial charge is 0.462 e. The number of ether oxygens (including phenoxy) is 1. The zero-order valence-corrected chi connectivity index (χ0v) is 9.34. The van der Waals surface area contributed by atoms with Gasteiger partial charge in [0.25, 0.3) is 0 Å². The van der Waals surface area contributed by atoms with Crippen LogP contribution in [0.25, 0.3) is 11.0 Å². The predicted molar refractivity (Wildman–Crippen MR) is 56.8 cm³/mol. The van der Waals surface area contributed by atoms with Crippen LogP contribution in [-0.2, 0) is 4.74 Å². The molecule has 3 nitrogen and oxygen atoms in total. The van der Waals surface area contributed by atoms with Crippen molar-refractivity contribution in [2.45, 2.75) is 13.8 Å². The Labute approximate surface area is 96.0 Å². The van der Waals surface area contributed by atoms with Crippen LogP contribution >= 0.6 is 0 Å². The third-order valence-corrected chi connectivity index (χ3v) is 2.36. The summed E-state index contributed by atoms with van der Waals surface area (Å²) in [5.74, 6) is -2.03. The summed E-state index contributed by atoms with van der Waals surface area (Å²) >= 11 is 0. The van der Waals surface area contributed by atoms with Gasteiger partial charge in [0.2, 0.25) is 0 Å². The van der Waals surface area contributed by atoms with Crippen LogP contribution in [0.2, 0.25) is 0 Å². The topological polar surface area (TPSA) is 39.4 Å². The highest BCUT2D eigenvalue weighted by Gasteiger charge is 2.22. The van der Waals surface area contributed by atoms with Crippen molar-refractivity contribution in [1.29, 1.82) is 0 Å². The molecule has 0 saturated heterocycles. The smallest absolute Gasteiger partial charge is 0.342 e. The summed E-state index contributed by atoms with van der Waals surface area (Å²) in [6, 6.07) is 1.77. The van der Waals surface area contributed by atoms with Crippen molar-refractivity contribution in [3.8, 4) is 0 Å². The maximum absolute atomic E-state index is 13.4. The lowest BCUT2D eigenvalue weighted by atomic mass is 10.1. The molecule has 0 aliphatic carbocycles. The van der Waals surface area contributed by atoms with E-state index in [-0.39, 0.29) is 28.9 Å². The number of benzene rings is 1. The zero-order valence-electron chi connectivity index (χ0n) is 9.34. The molecule has 0 unspecified atom stereocenters. The highest BCUT2D eigenvalue weighted by atomic mass is 19.1. The molecule has 0 aliphatic rings. The third-order valence-electron chi connectivity index (χ3n) is 2.36. The molecule has 0 N–H and O–H groups in total. The maximum Gasteiger partial charge on any atom is 0.342 e. The van der Waals surface area contributed by atoms with Crippen molar-refractivity contribution in [3.63, 3.8) is 0 Å². The van der Waals surface area contributed by atoms with Crippen molar-refractivity contribution in [1.82, 2.24) is 0 Å². The van der Waals surface area contributed by atoms with Gasteiger partial charge in [-0.05, 0) is 19.9 Å². The Hall–Kier alpha value is -1.91. The summed E-state index contributed by atoms with van der Waals surface area (Å²) in [4.78, 5) is 11.6. The van der Waals surface area contributed by atoms with E-state index in [4.69, 9.17) is 9.15 Å². The minimum absolute atomic E-state index is 0.0697. The zero-order chi connectivity index (χ0) is 12.6. The van der Waals surface area contributed by atoms with Crippen LogP contribution in [0.3, 0.4) is 0 Å². The van der Waals surface area contributed by atoms with E-state index in [1.54, 1.807) is 6.92 Å². The normalized spacial score (nSPS) is 10.8. The molecular weight excluding hydrogens is 230 g/mol. The van der Waals surface area contributed by atoms with Gasteiger partial charge < -0.3 is 9.15 Å². The van der Waals surface area contributed by atoms with Gasteiger partial charge in [0.15, 0.2) is 11.4 Å². The first kappa shape index (κ1) is 11.6.